The molecular formula is C10H15N3O4S2. The van der Waals surface area contributed by atoms with Gasteiger partial charge in [-0.15, -0.1) is 0 Å². The Bertz CT molecular complexity index is 549. The Balaban J connectivity index is 2.30. The molecule has 0 spiro atoms. The van der Waals surface area contributed by atoms with Gasteiger partial charge in [0.25, 0.3) is 10.0 Å². The van der Waals surface area contributed by atoms with Crippen LogP contribution < -0.4 is 0 Å². The maximum atomic E-state index is 12.4. The second kappa shape index (κ2) is 5.93. The Labute approximate surface area is 115 Å². The predicted molar refractivity (Wildman–Crippen MR) is 70.6 cm³/mol. The molecule has 1 aliphatic heterocycles. The summed E-state index contributed by atoms with van der Waals surface area (Å²) >= 11 is 1.71. The minimum absolute atomic E-state index is 0.0416. The molecule has 1 N–H and O–H groups in total. The highest BCUT2D eigenvalue weighted by molar-refractivity contribution is 7.99. The van der Waals surface area contributed by atoms with E-state index < -0.39 is 16.0 Å². The Hall–Kier alpha value is -1.06. The minimum Gasteiger partial charge on any atom is -0.462 e. The van der Waals surface area contributed by atoms with Crippen LogP contribution >= 0.6 is 11.8 Å². The summed E-state index contributed by atoms with van der Waals surface area (Å²) in [7, 11) is -3.71. The van der Waals surface area contributed by atoms with Crippen molar-refractivity contribution >= 4 is 27.8 Å². The van der Waals surface area contributed by atoms with Gasteiger partial charge in [0.15, 0.2) is 5.03 Å². The van der Waals surface area contributed by atoms with Crippen molar-refractivity contribution in [2.24, 2.45) is 0 Å². The summed E-state index contributed by atoms with van der Waals surface area (Å²) in [6.07, 6.45) is 1.18. The Morgan fingerprint density at radius 1 is 1.53 bits per heavy atom. The lowest BCUT2D eigenvalue weighted by atomic mass is 10.4. The zero-order chi connectivity index (χ0) is 13.9. The molecule has 0 unspecified atom stereocenters. The highest BCUT2D eigenvalue weighted by Gasteiger charge is 2.32. The first-order valence-electron chi connectivity index (χ1n) is 5.85. The average Bonchev–Trinajstić information content (AvgIpc) is 2.90. The smallest absolute Gasteiger partial charge is 0.342 e. The van der Waals surface area contributed by atoms with Crippen LogP contribution in [0, 0.1) is 0 Å². The Morgan fingerprint density at radius 3 is 2.84 bits per heavy atom. The third-order valence-corrected chi connectivity index (χ3v) is 5.48. The maximum Gasteiger partial charge on any atom is 0.342 e. The zero-order valence-electron chi connectivity index (χ0n) is 10.5. The molecule has 1 saturated heterocycles. The standard InChI is InChI=1S/C10H15N3O4S2/c1-2-17-10(14)8-7-11-12-9(8)19(15,16)13-3-5-18-6-4-13/h7H,2-6H2,1H3,(H,11,12). The molecule has 106 valence electrons. The number of thioether (sulfide) groups is 1. The molecule has 1 aromatic heterocycles. The van der Waals surface area contributed by atoms with Crippen molar-refractivity contribution in [3.8, 4) is 0 Å². The first-order chi connectivity index (χ1) is 9.07. The fourth-order valence-electron chi connectivity index (χ4n) is 1.74. The van der Waals surface area contributed by atoms with Gasteiger partial charge >= 0.3 is 5.97 Å². The summed E-state index contributed by atoms with van der Waals surface area (Å²) in [5, 5.41) is 5.86. The lowest BCUT2D eigenvalue weighted by Crippen LogP contribution is -2.38. The molecule has 2 rings (SSSR count). The topological polar surface area (TPSA) is 92.4 Å². The molecule has 0 amide bonds. The van der Waals surface area contributed by atoms with E-state index in [4.69, 9.17) is 4.74 Å². The molecule has 1 aliphatic rings. The van der Waals surface area contributed by atoms with Crippen LogP contribution in [-0.4, -0.2) is 60.1 Å². The van der Waals surface area contributed by atoms with Gasteiger partial charge in [0.1, 0.15) is 5.56 Å². The molecule has 0 radical (unpaired) electrons. The van der Waals surface area contributed by atoms with Crippen molar-refractivity contribution in [3.05, 3.63) is 11.8 Å². The van der Waals surface area contributed by atoms with Crippen molar-refractivity contribution in [1.29, 1.82) is 0 Å². The molecule has 7 nitrogen and oxygen atoms in total. The Kier molecular flexibility index (Phi) is 4.48. The lowest BCUT2D eigenvalue weighted by molar-refractivity contribution is 0.0521. The fraction of sp³-hybridized carbons (Fsp3) is 0.600. The summed E-state index contributed by atoms with van der Waals surface area (Å²) < 4.78 is 31.0. The van der Waals surface area contributed by atoms with Gasteiger partial charge < -0.3 is 4.74 Å². The second-order valence-corrected chi connectivity index (χ2v) is 6.95. The van der Waals surface area contributed by atoms with Crippen LogP contribution in [0.2, 0.25) is 0 Å². The highest BCUT2D eigenvalue weighted by atomic mass is 32.2. The monoisotopic (exact) mass is 305 g/mol. The number of carbonyl (C=O) groups excluding carboxylic acids is 1. The summed E-state index contributed by atoms with van der Waals surface area (Å²) in [6, 6.07) is 0. The van der Waals surface area contributed by atoms with E-state index in [9.17, 15) is 13.2 Å². The van der Waals surface area contributed by atoms with E-state index in [-0.39, 0.29) is 17.2 Å². The number of rotatable bonds is 4. The van der Waals surface area contributed by atoms with Gasteiger partial charge in [-0.25, -0.2) is 13.2 Å². The van der Waals surface area contributed by atoms with Gasteiger partial charge in [0.2, 0.25) is 0 Å². The van der Waals surface area contributed by atoms with Gasteiger partial charge in [-0.1, -0.05) is 0 Å². The summed E-state index contributed by atoms with van der Waals surface area (Å²) in [4.78, 5) is 11.7. The minimum atomic E-state index is -3.71. The number of nitrogens with zero attached hydrogens (tertiary/aromatic N) is 2. The lowest BCUT2D eigenvalue weighted by Gasteiger charge is -2.25. The third-order valence-electron chi connectivity index (χ3n) is 2.67. The molecule has 0 bridgehead atoms. The number of aromatic amines is 1. The van der Waals surface area contributed by atoms with Crippen LogP contribution in [0.25, 0.3) is 0 Å². The predicted octanol–water partition coefficient (Wildman–Crippen LogP) is 0.324. The van der Waals surface area contributed by atoms with Crippen LogP contribution in [0.3, 0.4) is 0 Å². The summed E-state index contributed by atoms with van der Waals surface area (Å²) in [5.74, 6) is 0.825. The molecule has 1 aromatic rings. The summed E-state index contributed by atoms with van der Waals surface area (Å²) in [6.45, 7) is 2.72. The SMILES string of the molecule is CCOC(=O)c1cn[nH]c1S(=O)(=O)N1CCSCC1. The van der Waals surface area contributed by atoms with Crippen molar-refractivity contribution in [3.63, 3.8) is 0 Å². The molecule has 1 fully saturated rings. The zero-order valence-corrected chi connectivity index (χ0v) is 12.1. The number of hydrogen-bond acceptors (Lipinski definition) is 6. The molecule has 9 heteroatoms. The van der Waals surface area contributed by atoms with Crippen molar-refractivity contribution in [2.45, 2.75) is 11.9 Å². The number of nitrogens with one attached hydrogen (secondary N) is 1. The van der Waals surface area contributed by atoms with Gasteiger partial charge in [-0.05, 0) is 6.92 Å². The van der Waals surface area contributed by atoms with E-state index >= 15 is 0 Å². The van der Waals surface area contributed by atoms with Crippen LogP contribution in [0.1, 0.15) is 17.3 Å². The molecule has 0 saturated carbocycles. The molecule has 2 heterocycles. The Morgan fingerprint density at radius 2 is 2.21 bits per heavy atom. The third kappa shape index (κ3) is 2.93. The van der Waals surface area contributed by atoms with Crippen molar-refractivity contribution in [1.82, 2.24) is 14.5 Å². The molecule has 0 atom stereocenters. The van der Waals surface area contributed by atoms with E-state index in [1.165, 1.54) is 10.5 Å². The van der Waals surface area contributed by atoms with Crippen LogP contribution in [0.5, 0.6) is 0 Å². The van der Waals surface area contributed by atoms with Gasteiger partial charge in [-0.3, -0.25) is 5.10 Å². The van der Waals surface area contributed by atoms with Gasteiger partial charge in [0.05, 0.1) is 12.8 Å². The van der Waals surface area contributed by atoms with Gasteiger partial charge in [-0.2, -0.15) is 21.2 Å². The highest BCUT2D eigenvalue weighted by Crippen LogP contribution is 2.21. The molecule has 0 aliphatic carbocycles. The number of hydrogen-bond donors (Lipinski definition) is 1. The van der Waals surface area contributed by atoms with E-state index in [1.54, 1.807) is 18.7 Å². The number of esters is 1. The number of ether oxygens (including phenoxy) is 1. The molecule has 0 aromatic carbocycles. The first-order valence-corrected chi connectivity index (χ1v) is 8.45. The van der Waals surface area contributed by atoms with Crippen LogP contribution in [0.15, 0.2) is 11.2 Å². The van der Waals surface area contributed by atoms with Crippen molar-refractivity contribution < 1.29 is 17.9 Å². The quantitative estimate of drug-likeness (QED) is 0.806. The molecular weight excluding hydrogens is 290 g/mol. The van der Waals surface area contributed by atoms with E-state index in [0.29, 0.717) is 13.1 Å². The maximum absolute atomic E-state index is 12.4. The summed E-state index contributed by atoms with van der Waals surface area (Å²) in [5.41, 5.74) is -0.0416. The van der Waals surface area contributed by atoms with Crippen LogP contribution in [-0.2, 0) is 14.8 Å². The largest absolute Gasteiger partial charge is 0.462 e. The van der Waals surface area contributed by atoms with E-state index in [2.05, 4.69) is 10.2 Å². The number of sulfonamides is 1. The first kappa shape index (κ1) is 14.4. The number of H-pyrrole nitrogens is 1. The van der Waals surface area contributed by atoms with E-state index in [0.717, 1.165) is 11.5 Å². The average molecular weight is 305 g/mol. The molecule has 19 heavy (non-hydrogen) atoms. The number of carbonyl (C=O) groups is 1. The number of aromatic nitrogens is 2. The van der Waals surface area contributed by atoms with Crippen LogP contribution in [0.4, 0.5) is 0 Å². The second-order valence-electron chi connectivity index (χ2n) is 3.85. The normalized spacial score (nSPS) is 17.3. The van der Waals surface area contributed by atoms with Crippen molar-refractivity contribution in [2.75, 3.05) is 31.2 Å². The van der Waals surface area contributed by atoms with E-state index in [1.807, 2.05) is 0 Å². The fourth-order valence-corrected chi connectivity index (χ4v) is 4.38. The van der Waals surface area contributed by atoms with Gasteiger partial charge in [0, 0.05) is 24.6 Å².